The van der Waals surface area contributed by atoms with Crippen LogP contribution in [0.4, 0.5) is 5.82 Å². The van der Waals surface area contributed by atoms with Crippen molar-refractivity contribution in [3.63, 3.8) is 0 Å². The summed E-state index contributed by atoms with van der Waals surface area (Å²) in [5.74, 6) is -1.10. The molecular weight excluding hydrogens is 386 g/mol. The maximum atomic E-state index is 13.1. The molecule has 3 aromatic rings. The first-order valence-electron chi connectivity index (χ1n) is 9.28. The molecule has 0 radical (unpaired) electrons. The molecule has 0 unspecified atom stereocenters. The van der Waals surface area contributed by atoms with E-state index in [1.165, 1.54) is 12.1 Å². The van der Waals surface area contributed by atoms with Gasteiger partial charge in [0.1, 0.15) is 18.2 Å². The van der Waals surface area contributed by atoms with Crippen molar-refractivity contribution in [2.45, 2.75) is 19.4 Å². The van der Waals surface area contributed by atoms with Gasteiger partial charge in [0.15, 0.2) is 0 Å². The topological polar surface area (TPSA) is 124 Å². The second-order valence-electron chi connectivity index (χ2n) is 6.95. The molecule has 30 heavy (non-hydrogen) atoms. The number of aromatic nitrogens is 2. The Hall–Kier alpha value is -4.07. The van der Waals surface area contributed by atoms with Gasteiger partial charge in [-0.25, -0.2) is 9.59 Å². The van der Waals surface area contributed by atoms with E-state index in [0.717, 1.165) is 5.56 Å². The molecule has 152 valence electrons. The fourth-order valence-corrected chi connectivity index (χ4v) is 3.56. The number of anilines is 1. The van der Waals surface area contributed by atoms with Crippen molar-refractivity contribution in [1.29, 1.82) is 0 Å². The molecule has 0 spiro atoms. The van der Waals surface area contributed by atoms with Gasteiger partial charge >= 0.3 is 11.7 Å². The predicted octanol–water partition coefficient (Wildman–Crippen LogP) is 2.34. The van der Waals surface area contributed by atoms with E-state index < -0.39 is 23.1 Å². The Bertz CT molecular complexity index is 1240. The highest BCUT2D eigenvalue weighted by atomic mass is 16.5. The molecule has 8 heteroatoms. The number of H-pyrrole nitrogens is 2. The van der Waals surface area contributed by atoms with Gasteiger partial charge < -0.3 is 15.2 Å². The van der Waals surface area contributed by atoms with E-state index >= 15 is 0 Å². The van der Waals surface area contributed by atoms with E-state index in [2.05, 4.69) is 15.3 Å². The van der Waals surface area contributed by atoms with Crippen LogP contribution in [0, 0.1) is 0 Å². The smallest absolute Gasteiger partial charge is 0.337 e. The molecule has 4 rings (SSSR count). The number of allylic oxidation sites excluding steroid dienone is 1. The van der Waals surface area contributed by atoms with Gasteiger partial charge in [0.05, 0.1) is 17.1 Å². The molecule has 8 nitrogen and oxygen atoms in total. The van der Waals surface area contributed by atoms with E-state index in [0.29, 0.717) is 11.3 Å². The lowest BCUT2D eigenvalue weighted by atomic mass is 9.82. The van der Waals surface area contributed by atoms with Crippen LogP contribution < -0.4 is 16.6 Å². The molecule has 0 saturated carbocycles. The van der Waals surface area contributed by atoms with E-state index in [9.17, 15) is 19.5 Å². The second-order valence-corrected chi connectivity index (χ2v) is 6.95. The van der Waals surface area contributed by atoms with E-state index in [4.69, 9.17) is 4.74 Å². The Morgan fingerprint density at radius 2 is 1.73 bits per heavy atom. The molecule has 0 amide bonds. The average molecular weight is 405 g/mol. The van der Waals surface area contributed by atoms with Gasteiger partial charge in [-0.05, 0) is 30.2 Å². The summed E-state index contributed by atoms with van der Waals surface area (Å²) in [5, 5.41) is 12.6. The average Bonchev–Trinajstić information content (AvgIpc) is 2.72. The molecule has 4 N–H and O–H groups in total. The largest absolute Gasteiger partial charge is 0.508 e. The summed E-state index contributed by atoms with van der Waals surface area (Å²) in [6.07, 6.45) is 0. The van der Waals surface area contributed by atoms with Gasteiger partial charge in [0.25, 0.3) is 5.56 Å². The van der Waals surface area contributed by atoms with Crippen LogP contribution in [0.3, 0.4) is 0 Å². The van der Waals surface area contributed by atoms with Crippen molar-refractivity contribution in [1.82, 2.24) is 9.97 Å². The molecule has 0 saturated heterocycles. The second kappa shape index (κ2) is 7.75. The Kier molecular flexibility index (Phi) is 4.97. The summed E-state index contributed by atoms with van der Waals surface area (Å²) in [5.41, 5.74) is 1.06. The zero-order chi connectivity index (χ0) is 21.3. The fraction of sp³-hybridized carbons (Fsp3) is 0.136. The molecular formula is C22H19N3O5. The van der Waals surface area contributed by atoms with E-state index in [-0.39, 0.29) is 29.3 Å². The Labute approximate surface area is 170 Å². The van der Waals surface area contributed by atoms with Crippen molar-refractivity contribution < 1.29 is 14.6 Å². The standard InChI is InChI=1S/C22H19N3O5/c1-12-16(21(28)30-11-13-5-3-2-4-6-13)17(14-7-9-15(26)10-8-14)18-19(23-12)24-22(29)25-20(18)27/h2-10,17,26H,11H2,1H3,(H3,23,24,25,27,29)/t17-/m1/s1. The third-order valence-corrected chi connectivity index (χ3v) is 4.93. The fourth-order valence-electron chi connectivity index (χ4n) is 3.56. The van der Waals surface area contributed by atoms with Crippen LogP contribution in [0.5, 0.6) is 5.75 Å². The number of phenolic OH excluding ortho intramolecular Hbond substituents is 1. The van der Waals surface area contributed by atoms with Crippen molar-refractivity contribution in [3.05, 3.63) is 103 Å². The summed E-state index contributed by atoms with van der Waals surface area (Å²) in [6.45, 7) is 1.75. The number of aromatic amines is 2. The minimum Gasteiger partial charge on any atom is -0.508 e. The van der Waals surface area contributed by atoms with Crippen molar-refractivity contribution in [2.24, 2.45) is 0 Å². The van der Waals surface area contributed by atoms with Crippen LogP contribution in [0.1, 0.15) is 29.5 Å². The summed E-state index contributed by atoms with van der Waals surface area (Å²) in [7, 11) is 0. The Balaban J connectivity index is 1.78. The number of aromatic hydroxyl groups is 1. The number of carbonyl (C=O) groups excluding carboxylic acids is 1. The highest BCUT2D eigenvalue weighted by molar-refractivity contribution is 5.94. The van der Waals surface area contributed by atoms with Gasteiger partial charge in [-0.3, -0.25) is 14.8 Å². The quantitative estimate of drug-likeness (QED) is 0.494. The van der Waals surface area contributed by atoms with E-state index in [1.54, 1.807) is 19.1 Å². The summed E-state index contributed by atoms with van der Waals surface area (Å²) < 4.78 is 5.52. The van der Waals surface area contributed by atoms with Crippen LogP contribution in [0.15, 0.2) is 75.5 Å². The third kappa shape index (κ3) is 3.62. The molecule has 1 aliphatic rings. The molecule has 2 heterocycles. The normalized spacial score (nSPS) is 15.3. The number of ether oxygens (including phenoxy) is 1. The Morgan fingerprint density at radius 3 is 2.43 bits per heavy atom. The number of hydrogen-bond acceptors (Lipinski definition) is 6. The minimum atomic E-state index is -0.786. The SMILES string of the molecule is CC1=C(C(=O)OCc2ccccc2)[C@@H](c2ccc(O)cc2)c2c([nH]c(=O)[nH]c2=O)N1. The molecule has 0 aliphatic carbocycles. The zero-order valence-electron chi connectivity index (χ0n) is 16.1. The van der Waals surface area contributed by atoms with Crippen molar-refractivity contribution in [2.75, 3.05) is 5.32 Å². The monoisotopic (exact) mass is 405 g/mol. The number of benzene rings is 2. The maximum Gasteiger partial charge on any atom is 0.337 e. The molecule has 1 aromatic heterocycles. The first-order valence-corrected chi connectivity index (χ1v) is 9.28. The number of carbonyl (C=O) groups is 1. The first kappa shape index (κ1) is 19.3. The van der Waals surface area contributed by atoms with E-state index in [1.807, 2.05) is 30.3 Å². The van der Waals surface area contributed by atoms with Crippen molar-refractivity contribution in [3.8, 4) is 5.75 Å². The van der Waals surface area contributed by atoms with Gasteiger partial charge in [-0.2, -0.15) is 0 Å². The van der Waals surface area contributed by atoms with Crippen LogP contribution >= 0.6 is 0 Å². The number of nitrogens with one attached hydrogen (secondary N) is 3. The van der Waals surface area contributed by atoms with Crippen LogP contribution in [0.25, 0.3) is 0 Å². The van der Waals surface area contributed by atoms with Gasteiger partial charge in [0.2, 0.25) is 0 Å². The predicted molar refractivity (Wildman–Crippen MR) is 110 cm³/mol. The van der Waals surface area contributed by atoms with Crippen LogP contribution in [-0.4, -0.2) is 21.0 Å². The number of phenols is 1. The maximum absolute atomic E-state index is 13.1. The minimum absolute atomic E-state index is 0.0530. The molecule has 1 atom stereocenters. The summed E-state index contributed by atoms with van der Waals surface area (Å²) in [6, 6.07) is 15.4. The number of fused-ring (bicyclic) bond motifs is 1. The number of rotatable bonds is 4. The number of hydrogen-bond donors (Lipinski definition) is 4. The van der Waals surface area contributed by atoms with Gasteiger partial charge in [0, 0.05) is 5.70 Å². The molecule has 0 bridgehead atoms. The van der Waals surface area contributed by atoms with Crippen LogP contribution in [0.2, 0.25) is 0 Å². The lowest BCUT2D eigenvalue weighted by Gasteiger charge is -2.28. The molecule has 2 aromatic carbocycles. The highest BCUT2D eigenvalue weighted by Gasteiger charge is 2.36. The van der Waals surface area contributed by atoms with Crippen LogP contribution in [-0.2, 0) is 16.1 Å². The first-order chi connectivity index (χ1) is 14.4. The van der Waals surface area contributed by atoms with Gasteiger partial charge in [-0.1, -0.05) is 42.5 Å². The lowest BCUT2D eigenvalue weighted by Crippen LogP contribution is -2.34. The molecule has 1 aliphatic heterocycles. The number of esters is 1. The zero-order valence-corrected chi connectivity index (χ0v) is 16.1. The molecule has 0 fully saturated rings. The Morgan fingerprint density at radius 1 is 1.03 bits per heavy atom. The lowest BCUT2D eigenvalue weighted by molar-refractivity contribution is -0.140. The van der Waals surface area contributed by atoms with Gasteiger partial charge in [-0.15, -0.1) is 0 Å². The van der Waals surface area contributed by atoms with Crippen molar-refractivity contribution >= 4 is 11.8 Å². The summed E-state index contributed by atoms with van der Waals surface area (Å²) in [4.78, 5) is 42.2. The summed E-state index contributed by atoms with van der Waals surface area (Å²) >= 11 is 0. The highest BCUT2D eigenvalue weighted by Crippen LogP contribution is 2.39. The third-order valence-electron chi connectivity index (χ3n) is 4.93.